The Balaban J connectivity index is 1.44. The normalized spacial score (nSPS) is 18.7. The summed E-state index contributed by atoms with van der Waals surface area (Å²) in [6.07, 6.45) is 2.44. The molecule has 27 heavy (non-hydrogen) atoms. The summed E-state index contributed by atoms with van der Waals surface area (Å²) >= 11 is 0. The first-order valence-electron chi connectivity index (χ1n) is 9.42. The standard InChI is InChI=1S/C22H23FN2O2/c1-15-4-2-3-5-20(15)21-12-19(27-24-21)14-25(22(26)17-8-9-17)13-16-6-10-18(23)11-7-16/h2-7,10-11,17,19H,8-9,12-14H2,1H3/t19-/m0/s1. The van der Waals surface area contributed by atoms with Gasteiger partial charge in [0.1, 0.15) is 5.82 Å². The summed E-state index contributed by atoms with van der Waals surface area (Å²) in [5, 5.41) is 4.27. The summed E-state index contributed by atoms with van der Waals surface area (Å²) < 4.78 is 13.2. The van der Waals surface area contributed by atoms with Gasteiger partial charge in [-0.05, 0) is 43.0 Å². The molecule has 1 saturated carbocycles. The molecule has 0 bridgehead atoms. The molecule has 0 unspecified atom stereocenters. The molecule has 1 aliphatic carbocycles. The van der Waals surface area contributed by atoms with E-state index in [1.165, 1.54) is 12.1 Å². The van der Waals surface area contributed by atoms with E-state index in [1.807, 2.05) is 23.1 Å². The molecule has 2 aliphatic rings. The smallest absolute Gasteiger partial charge is 0.226 e. The van der Waals surface area contributed by atoms with Gasteiger partial charge in [0.15, 0.2) is 6.10 Å². The zero-order valence-corrected chi connectivity index (χ0v) is 15.4. The molecule has 1 fully saturated rings. The average molecular weight is 366 g/mol. The number of carbonyl (C=O) groups is 1. The van der Waals surface area contributed by atoms with E-state index in [1.54, 1.807) is 12.1 Å². The van der Waals surface area contributed by atoms with Gasteiger partial charge in [-0.2, -0.15) is 0 Å². The molecule has 0 saturated heterocycles. The van der Waals surface area contributed by atoms with Crippen molar-refractivity contribution in [1.29, 1.82) is 0 Å². The summed E-state index contributed by atoms with van der Waals surface area (Å²) in [4.78, 5) is 20.2. The van der Waals surface area contributed by atoms with Gasteiger partial charge in [0.2, 0.25) is 5.91 Å². The molecule has 2 aromatic rings. The Kier molecular flexibility index (Phi) is 4.92. The van der Waals surface area contributed by atoms with Crippen LogP contribution in [0, 0.1) is 18.7 Å². The van der Waals surface area contributed by atoms with Crippen molar-refractivity contribution in [3.05, 3.63) is 71.0 Å². The quantitative estimate of drug-likeness (QED) is 0.773. The highest BCUT2D eigenvalue weighted by Crippen LogP contribution is 2.32. The second-order valence-corrected chi connectivity index (χ2v) is 7.40. The fraction of sp³-hybridized carbons (Fsp3) is 0.364. The minimum Gasteiger partial charge on any atom is -0.390 e. The number of oxime groups is 1. The number of hydrogen-bond donors (Lipinski definition) is 0. The number of halogens is 1. The Morgan fingerprint density at radius 1 is 1.19 bits per heavy atom. The maximum absolute atomic E-state index is 13.2. The van der Waals surface area contributed by atoms with Crippen LogP contribution in [0.1, 0.15) is 36.0 Å². The maximum Gasteiger partial charge on any atom is 0.226 e. The molecular formula is C22H23FN2O2. The van der Waals surface area contributed by atoms with Crippen LogP contribution in [-0.2, 0) is 16.2 Å². The van der Waals surface area contributed by atoms with Gasteiger partial charge >= 0.3 is 0 Å². The van der Waals surface area contributed by atoms with E-state index in [9.17, 15) is 9.18 Å². The Morgan fingerprint density at radius 2 is 1.93 bits per heavy atom. The third-order valence-corrected chi connectivity index (χ3v) is 5.14. The van der Waals surface area contributed by atoms with Crippen LogP contribution in [-0.4, -0.2) is 29.2 Å². The molecule has 0 aromatic heterocycles. The predicted molar refractivity (Wildman–Crippen MR) is 102 cm³/mol. The fourth-order valence-electron chi connectivity index (χ4n) is 3.46. The zero-order chi connectivity index (χ0) is 18.8. The highest BCUT2D eigenvalue weighted by Gasteiger charge is 2.35. The van der Waals surface area contributed by atoms with Crippen LogP contribution >= 0.6 is 0 Å². The van der Waals surface area contributed by atoms with E-state index in [2.05, 4.69) is 18.1 Å². The molecule has 1 amide bonds. The Labute approximate surface area is 158 Å². The molecule has 0 N–H and O–H groups in total. The van der Waals surface area contributed by atoms with Crippen molar-refractivity contribution < 1.29 is 14.0 Å². The molecule has 4 nitrogen and oxygen atoms in total. The van der Waals surface area contributed by atoms with E-state index in [0.717, 1.165) is 35.2 Å². The average Bonchev–Trinajstić information content (AvgIpc) is 3.42. The van der Waals surface area contributed by atoms with Gasteiger partial charge in [0.25, 0.3) is 0 Å². The van der Waals surface area contributed by atoms with E-state index in [4.69, 9.17) is 4.84 Å². The monoisotopic (exact) mass is 366 g/mol. The Bertz CT molecular complexity index is 859. The van der Waals surface area contributed by atoms with Gasteiger partial charge in [0, 0.05) is 24.4 Å². The third kappa shape index (κ3) is 4.18. The molecule has 1 aliphatic heterocycles. The van der Waals surface area contributed by atoms with E-state index < -0.39 is 0 Å². The van der Waals surface area contributed by atoms with Crippen LogP contribution in [0.2, 0.25) is 0 Å². The topological polar surface area (TPSA) is 41.9 Å². The second-order valence-electron chi connectivity index (χ2n) is 7.40. The molecule has 140 valence electrons. The van der Waals surface area contributed by atoms with Crippen molar-refractivity contribution in [2.45, 2.75) is 38.8 Å². The van der Waals surface area contributed by atoms with Crippen LogP contribution in [0.5, 0.6) is 0 Å². The molecule has 5 heteroatoms. The number of nitrogens with zero attached hydrogens (tertiary/aromatic N) is 2. The van der Waals surface area contributed by atoms with Crippen molar-refractivity contribution in [2.24, 2.45) is 11.1 Å². The summed E-state index contributed by atoms with van der Waals surface area (Å²) in [5.74, 6) is 0.0186. The van der Waals surface area contributed by atoms with E-state index in [0.29, 0.717) is 19.5 Å². The largest absolute Gasteiger partial charge is 0.390 e. The van der Waals surface area contributed by atoms with Crippen molar-refractivity contribution in [3.63, 3.8) is 0 Å². The summed E-state index contributed by atoms with van der Waals surface area (Å²) in [6, 6.07) is 14.4. The maximum atomic E-state index is 13.2. The Hall–Kier alpha value is -2.69. The number of benzene rings is 2. The van der Waals surface area contributed by atoms with Gasteiger partial charge in [-0.15, -0.1) is 0 Å². The molecule has 0 radical (unpaired) electrons. The van der Waals surface area contributed by atoms with Gasteiger partial charge < -0.3 is 9.74 Å². The first kappa shape index (κ1) is 17.7. The number of rotatable bonds is 6. The molecule has 1 atom stereocenters. The van der Waals surface area contributed by atoms with Gasteiger partial charge in [-0.25, -0.2) is 4.39 Å². The minimum atomic E-state index is -0.269. The number of amides is 1. The lowest BCUT2D eigenvalue weighted by Gasteiger charge is -2.25. The van der Waals surface area contributed by atoms with Crippen LogP contribution in [0.25, 0.3) is 0 Å². The highest BCUT2D eigenvalue weighted by atomic mass is 19.1. The lowest BCUT2D eigenvalue weighted by Crippen LogP contribution is -2.38. The van der Waals surface area contributed by atoms with Crippen molar-refractivity contribution in [1.82, 2.24) is 4.90 Å². The van der Waals surface area contributed by atoms with Crippen molar-refractivity contribution in [3.8, 4) is 0 Å². The number of hydrogen-bond acceptors (Lipinski definition) is 3. The molecule has 4 rings (SSSR count). The highest BCUT2D eigenvalue weighted by molar-refractivity contribution is 6.02. The van der Waals surface area contributed by atoms with Gasteiger partial charge in [-0.1, -0.05) is 41.6 Å². The predicted octanol–water partition coefficient (Wildman–Crippen LogP) is 4.07. The second kappa shape index (κ2) is 7.51. The summed E-state index contributed by atoms with van der Waals surface area (Å²) in [5.41, 5.74) is 4.11. The van der Waals surface area contributed by atoms with Gasteiger partial charge in [-0.3, -0.25) is 4.79 Å². The fourth-order valence-corrected chi connectivity index (χ4v) is 3.46. The zero-order valence-electron chi connectivity index (χ0n) is 15.4. The SMILES string of the molecule is Cc1ccccc1C1=NO[C@H](CN(Cc2ccc(F)cc2)C(=O)C2CC2)C1. The molecule has 1 heterocycles. The first-order valence-corrected chi connectivity index (χ1v) is 9.42. The van der Waals surface area contributed by atoms with Crippen LogP contribution in [0.15, 0.2) is 53.7 Å². The lowest BCUT2D eigenvalue weighted by atomic mass is 10.00. The van der Waals surface area contributed by atoms with E-state index >= 15 is 0 Å². The van der Waals surface area contributed by atoms with Crippen LogP contribution in [0.3, 0.4) is 0 Å². The van der Waals surface area contributed by atoms with Crippen molar-refractivity contribution >= 4 is 11.6 Å². The Morgan fingerprint density at radius 3 is 2.63 bits per heavy atom. The minimum absolute atomic E-state index is 0.128. The molecular weight excluding hydrogens is 343 g/mol. The van der Waals surface area contributed by atoms with Crippen molar-refractivity contribution in [2.75, 3.05) is 6.54 Å². The molecule has 2 aromatic carbocycles. The number of carbonyl (C=O) groups excluding carboxylic acids is 1. The van der Waals surface area contributed by atoms with Crippen LogP contribution < -0.4 is 0 Å². The summed E-state index contributed by atoms with van der Waals surface area (Å²) in [7, 11) is 0. The van der Waals surface area contributed by atoms with Crippen LogP contribution in [0.4, 0.5) is 4.39 Å². The lowest BCUT2D eigenvalue weighted by molar-refractivity contribution is -0.135. The van der Waals surface area contributed by atoms with E-state index in [-0.39, 0.29) is 23.7 Å². The molecule has 0 spiro atoms. The number of aryl methyl sites for hydroxylation is 1. The van der Waals surface area contributed by atoms with Gasteiger partial charge in [0.05, 0.1) is 12.3 Å². The first-order chi connectivity index (χ1) is 13.1. The third-order valence-electron chi connectivity index (χ3n) is 5.14. The summed E-state index contributed by atoms with van der Waals surface area (Å²) in [6.45, 7) is 3.02.